The molecule has 2 aliphatic rings. The number of nitrogens with one attached hydrogen (secondary N) is 1. The quantitative estimate of drug-likeness (QED) is 0.704. The summed E-state index contributed by atoms with van der Waals surface area (Å²) < 4.78 is 5.35. The van der Waals surface area contributed by atoms with E-state index in [-0.39, 0.29) is 0 Å². The number of anilines is 2. The molecule has 6 nitrogen and oxygen atoms in total. The van der Waals surface area contributed by atoms with Crippen LogP contribution in [0.4, 0.5) is 11.8 Å². The molecule has 0 aromatic carbocycles. The van der Waals surface area contributed by atoms with E-state index in [1.807, 2.05) is 0 Å². The van der Waals surface area contributed by atoms with E-state index in [1.54, 1.807) is 0 Å². The molecule has 0 atom stereocenters. The second-order valence-electron chi connectivity index (χ2n) is 4.68. The van der Waals surface area contributed by atoms with E-state index in [0.29, 0.717) is 5.82 Å². The Morgan fingerprint density at radius 1 is 1.11 bits per heavy atom. The maximum absolute atomic E-state index is 6.08. The van der Waals surface area contributed by atoms with Gasteiger partial charge in [-0.2, -0.15) is 4.98 Å². The standard InChI is InChI=1S/C12H19N5O/c13-11-9-1-3-14-4-2-10(9)15-12(16-11)17-5-7-18-8-6-17/h14H,1-8H2,(H2,13,15,16). The monoisotopic (exact) mass is 249 g/mol. The lowest BCUT2D eigenvalue weighted by Crippen LogP contribution is -2.37. The number of nitrogens with two attached hydrogens (primary N) is 1. The van der Waals surface area contributed by atoms with Gasteiger partial charge in [0.1, 0.15) is 5.82 Å². The number of morpholine rings is 1. The molecule has 1 fully saturated rings. The lowest BCUT2D eigenvalue weighted by atomic mass is 10.1. The van der Waals surface area contributed by atoms with Crippen molar-refractivity contribution in [2.24, 2.45) is 0 Å². The fourth-order valence-electron chi connectivity index (χ4n) is 2.47. The molecule has 0 bridgehead atoms. The molecule has 3 rings (SSSR count). The Kier molecular flexibility index (Phi) is 3.29. The molecule has 0 unspecified atom stereocenters. The molecule has 0 aliphatic carbocycles. The average Bonchev–Trinajstić information content (AvgIpc) is 2.65. The van der Waals surface area contributed by atoms with Crippen LogP contribution in [0.2, 0.25) is 0 Å². The molecule has 18 heavy (non-hydrogen) atoms. The summed E-state index contributed by atoms with van der Waals surface area (Å²) in [5, 5.41) is 3.36. The summed E-state index contributed by atoms with van der Waals surface area (Å²) in [6.45, 7) is 5.08. The Labute approximate surface area is 107 Å². The average molecular weight is 249 g/mol. The number of ether oxygens (including phenoxy) is 1. The van der Waals surface area contributed by atoms with Crippen LogP contribution in [-0.4, -0.2) is 49.4 Å². The van der Waals surface area contributed by atoms with Crippen molar-refractivity contribution < 1.29 is 4.74 Å². The van der Waals surface area contributed by atoms with E-state index >= 15 is 0 Å². The van der Waals surface area contributed by atoms with Gasteiger partial charge < -0.3 is 20.7 Å². The van der Waals surface area contributed by atoms with E-state index < -0.39 is 0 Å². The van der Waals surface area contributed by atoms with Crippen LogP contribution in [0, 0.1) is 0 Å². The smallest absolute Gasteiger partial charge is 0.227 e. The molecule has 0 radical (unpaired) electrons. The van der Waals surface area contributed by atoms with Gasteiger partial charge in [0, 0.05) is 31.6 Å². The number of fused-ring (bicyclic) bond motifs is 1. The first-order chi connectivity index (χ1) is 8.84. The Balaban J connectivity index is 1.91. The summed E-state index contributed by atoms with van der Waals surface area (Å²) >= 11 is 0. The number of rotatable bonds is 1. The maximum atomic E-state index is 6.08. The van der Waals surface area contributed by atoms with Crippen LogP contribution in [0.1, 0.15) is 11.3 Å². The Hall–Kier alpha value is -1.40. The molecule has 0 spiro atoms. The lowest BCUT2D eigenvalue weighted by molar-refractivity contribution is 0.122. The minimum Gasteiger partial charge on any atom is -0.383 e. The largest absolute Gasteiger partial charge is 0.383 e. The van der Waals surface area contributed by atoms with E-state index in [2.05, 4.69) is 15.2 Å². The third-order valence-corrected chi connectivity index (χ3v) is 3.50. The van der Waals surface area contributed by atoms with Crippen molar-refractivity contribution >= 4 is 11.8 Å². The molecule has 98 valence electrons. The van der Waals surface area contributed by atoms with Crippen LogP contribution in [0.15, 0.2) is 0 Å². The molecule has 1 saturated heterocycles. The number of aromatic nitrogens is 2. The third-order valence-electron chi connectivity index (χ3n) is 3.50. The lowest BCUT2D eigenvalue weighted by Gasteiger charge is -2.27. The zero-order valence-electron chi connectivity index (χ0n) is 10.5. The second-order valence-corrected chi connectivity index (χ2v) is 4.68. The van der Waals surface area contributed by atoms with E-state index in [0.717, 1.165) is 69.4 Å². The Morgan fingerprint density at radius 2 is 1.89 bits per heavy atom. The number of hydrogen-bond donors (Lipinski definition) is 2. The van der Waals surface area contributed by atoms with Crippen LogP contribution in [-0.2, 0) is 17.6 Å². The van der Waals surface area contributed by atoms with Crippen LogP contribution < -0.4 is 16.0 Å². The van der Waals surface area contributed by atoms with Crippen molar-refractivity contribution in [1.82, 2.24) is 15.3 Å². The summed E-state index contributed by atoms with van der Waals surface area (Å²) in [6, 6.07) is 0. The first-order valence-electron chi connectivity index (χ1n) is 6.53. The van der Waals surface area contributed by atoms with Gasteiger partial charge in [0.25, 0.3) is 0 Å². The van der Waals surface area contributed by atoms with E-state index in [9.17, 15) is 0 Å². The van der Waals surface area contributed by atoms with Gasteiger partial charge in [0.05, 0.1) is 18.9 Å². The number of nitrogens with zero attached hydrogens (tertiary/aromatic N) is 3. The van der Waals surface area contributed by atoms with Gasteiger partial charge in [-0.15, -0.1) is 0 Å². The van der Waals surface area contributed by atoms with Gasteiger partial charge >= 0.3 is 0 Å². The summed E-state index contributed by atoms with van der Waals surface area (Å²) in [5.74, 6) is 1.40. The van der Waals surface area contributed by atoms with Gasteiger partial charge in [-0.1, -0.05) is 0 Å². The van der Waals surface area contributed by atoms with Gasteiger partial charge in [-0.05, 0) is 13.0 Å². The molecule has 0 saturated carbocycles. The molecule has 6 heteroatoms. The van der Waals surface area contributed by atoms with Crippen molar-refractivity contribution in [1.29, 1.82) is 0 Å². The van der Waals surface area contributed by atoms with Gasteiger partial charge in [-0.3, -0.25) is 0 Å². The molecule has 2 aliphatic heterocycles. The first kappa shape index (κ1) is 11.7. The predicted molar refractivity (Wildman–Crippen MR) is 69.8 cm³/mol. The highest BCUT2D eigenvalue weighted by molar-refractivity contribution is 5.49. The summed E-state index contributed by atoms with van der Waals surface area (Å²) in [6.07, 6.45) is 1.85. The molecule has 1 aromatic heterocycles. The SMILES string of the molecule is Nc1nc(N2CCOCC2)nc2c1CCNCC2. The second kappa shape index (κ2) is 5.07. The van der Waals surface area contributed by atoms with E-state index in [1.165, 1.54) is 0 Å². The first-order valence-corrected chi connectivity index (χ1v) is 6.53. The highest BCUT2D eigenvalue weighted by atomic mass is 16.5. The Morgan fingerprint density at radius 3 is 2.72 bits per heavy atom. The van der Waals surface area contributed by atoms with Crippen LogP contribution in [0.3, 0.4) is 0 Å². The molecular formula is C12H19N5O. The van der Waals surface area contributed by atoms with Gasteiger partial charge in [0.2, 0.25) is 5.95 Å². The molecular weight excluding hydrogens is 230 g/mol. The molecule has 1 aromatic rings. The van der Waals surface area contributed by atoms with Crippen molar-refractivity contribution in [3.05, 3.63) is 11.3 Å². The summed E-state index contributed by atoms with van der Waals surface area (Å²) in [4.78, 5) is 11.3. The third kappa shape index (κ3) is 2.26. The molecule has 3 N–H and O–H groups in total. The van der Waals surface area contributed by atoms with Crippen molar-refractivity contribution in [2.75, 3.05) is 50.0 Å². The van der Waals surface area contributed by atoms with Crippen molar-refractivity contribution in [2.45, 2.75) is 12.8 Å². The van der Waals surface area contributed by atoms with Crippen LogP contribution in [0.5, 0.6) is 0 Å². The van der Waals surface area contributed by atoms with Crippen molar-refractivity contribution in [3.8, 4) is 0 Å². The van der Waals surface area contributed by atoms with Crippen molar-refractivity contribution in [3.63, 3.8) is 0 Å². The minimum absolute atomic E-state index is 0.644. The topological polar surface area (TPSA) is 76.3 Å². The zero-order chi connectivity index (χ0) is 12.4. The molecule has 3 heterocycles. The van der Waals surface area contributed by atoms with E-state index in [4.69, 9.17) is 15.5 Å². The maximum Gasteiger partial charge on any atom is 0.227 e. The normalized spacial score (nSPS) is 20.3. The van der Waals surface area contributed by atoms with Crippen LogP contribution in [0.25, 0.3) is 0 Å². The summed E-state index contributed by atoms with van der Waals surface area (Å²) in [7, 11) is 0. The van der Waals surface area contributed by atoms with Gasteiger partial charge in [0.15, 0.2) is 0 Å². The minimum atomic E-state index is 0.644. The highest BCUT2D eigenvalue weighted by Gasteiger charge is 2.19. The number of nitrogen functional groups attached to an aromatic ring is 1. The fourth-order valence-corrected chi connectivity index (χ4v) is 2.47. The van der Waals surface area contributed by atoms with Crippen LogP contribution >= 0.6 is 0 Å². The zero-order valence-corrected chi connectivity index (χ0v) is 10.5. The summed E-state index contributed by atoms with van der Waals surface area (Å²) in [5.41, 5.74) is 8.31. The molecule has 0 amide bonds. The van der Waals surface area contributed by atoms with Gasteiger partial charge in [-0.25, -0.2) is 4.98 Å². The Bertz CT molecular complexity index is 431. The number of hydrogen-bond acceptors (Lipinski definition) is 6. The fraction of sp³-hybridized carbons (Fsp3) is 0.667. The predicted octanol–water partition coefficient (Wildman–Crippen LogP) is -0.416. The highest BCUT2D eigenvalue weighted by Crippen LogP contribution is 2.21.